The lowest BCUT2D eigenvalue weighted by Gasteiger charge is -2.23. The third-order valence-electron chi connectivity index (χ3n) is 2.07. The van der Waals surface area contributed by atoms with E-state index in [-0.39, 0.29) is 1.43 Å². The van der Waals surface area contributed by atoms with Crippen LogP contribution in [0.2, 0.25) is 0 Å². The molecule has 0 spiro atoms. The fraction of sp³-hybridized carbons (Fsp3) is 1.00. The second kappa shape index (κ2) is 4.73. The van der Waals surface area contributed by atoms with E-state index in [0.29, 0.717) is 6.04 Å². The first-order chi connectivity index (χ1) is 5.29. The van der Waals surface area contributed by atoms with E-state index >= 15 is 0 Å². The third kappa shape index (κ3) is 3.73. The highest BCUT2D eigenvalue weighted by atomic mass is 16.5. The minimum absolute atomic E-state index is 0. The highest BCUT2D eigenvalue weighted by Gasteiger charge is 2.13. The highest BCUT2D eigenvalue weighted by Crippen LogP contribution is 2.12. The number of hydrogen-bond donors (Lipinski definition) is 1. The van der Waals surface area contributed by atoms with E-state index in [1.54, 1.807) is 0 Å². The second-order valence-corrected chi connectivity index (χ2v) is 3.65. The van der Waals surface area contributed by atoms with Gasteiger partial charge in [0.2, 0.25) is 0 Å². The van der Waals surface area contributed by atoms with Crippen LogP contribution >= 0.6 is 0 Å². The van der Waals surface area contributed by atoms with Crippen LogP contribution in [0, 0.1) is 5.92 Å². The Kier molecular flexibility index (Phi) is 3.87. The molecule has 1 heterocycles. The topological polar surface area (TPSA) is 21.3 Å². The summed E-state index contributed by atoms with van der Waals surface area (Å²) in [7, 11) is 0. The number of hydrogen-bond acceptors (Lipinski definition) is 2. The standard InChI is InChI=1S/C9H19NO.H2/c1-8(2)10-6-9-4-3-5-11-7-9;/h8-10H,3-7H2,1-2H3;1H. The van der Waals surface area contributed by atoms with Crippen LogP contribution < -0.4 is 5.32 Å². The molecular formula is C9H21NO. The summed E-state index contributed by atoms with van der Waals surface area (Å²) in [6.07, 6.45) is 2.57. The molecule has 1 rings (SSSR count). The number of rotatable bonds is 3. The minimum Gasteiger partial charge on any atom is -0.381 e. The maximum atomic E-state index is 5.37. The summed E-state index contributed by atoms with van der Waals surface area (Å²) in [6, 6.07) is 0.608. The fourth-order valence-electron chi connectivity index (χ4n) is 1.37. The average Bonchev–Trinajstić information content (AvgIpc) is 2.03. The Balaban J connectivity index is 0.00000121. The lowest BCUT2D eigenvalue weighted by Crippen LogP contribution is -2.33. The van der Waals surface area contributed by atoms with Gasteiger partial charge in [-0.2, -0.15) is 0 Å². The van der Waals surface area contributed by atoms with Crippen LogP contribution in [-0.2, 0) is 4.74 Å². The van der Waals surface area contributed by atoms with Crippen LogP contribution in [0.5, 0.6) is 0 Å². The van der Waals surface area contributed by atoms with Gasteiger partial charge in [0, 0.05) is 20.6 Å². The molecule has 2 nitrogen and oxygen atoms in total. The summed E-state index contributed by atoms with van der Waals surface area (Å²) in [5.74, 6) is 0.756. The van der Waals surface area contributed by atoms with Crippen molar-refractivity contribution in [1.29, 1.82) is 0 Å². The summed E-state index contributed by atoms with van der Waals surface area (Å²) < 4.78 is 5.37. The van der Waals surface area contributed by atoms with Crippen molar-refractivity contribution in [3.8, 4) is 0 Å². The summed E-state index contributed by atoms with van der Waals surface area (Å²) >= 11 is 0. The van der Waals surface area contributed by atoms with E-state index < -0.39 is 0 Å². The van der Waals surface area contributed by atoms with Crippen molar-refractivity contribution in [2.24, 2.45) is 5.92 Å². The molecule has 0 amide bonds. The van der Waals surface area contributed by atoms with Gasteiger partial charge in [-0.05, 0) is 18.8 Å². The van der Waals surface area contributed by atoms with Crippen molar-refractivity contribution >= 4 is 0 Å². The van der Waals surface area contributed by atoms with Crippen LogP contribution in [-0.4, -0.2) is 25.8 Å². The molecule has 0 aliphatic carbocycles. The van der Waals surface area contributed by atoms with Crippen molar-refractivity contribution in [2.75, 3.05) is 19.8 Å². The normalized spacial score (nSPS) is 25.9. The van der Waals surface area contributed by atoms with Gasteiger partial charge in [-0.25, -0.2) is 0 Å². The minimum atomic E-state index is 0. The van der Waals surface area contributed by atoms with Gasteiger partial charge in [-0.1, -0.05) is 13.8 Å². The van der Waals surface area contributed by atoms with Gasteiger partial charge >= 0.3 is 0 Å². The lowest BCUT2D eigenvalue weighted by molar-refractivity contribution is 0.0542. The molecule has 1 aliphatic heterocycles. The molecular weight excluding hydrogens is 138 g/mol. The van der Waals surface area contributed by atoms with Gasteiger partial charge in [0.15, 0.2) is 0 Å². The number of nitrogens with one attached hydrogen (secondary N) is 1. The van der Waals surface area contributed by atoms with Gasteiger partial charge in [-0.3, -0.25) is 0 Å². The molecule has 0 aromatic heterocycles. The summed E-state index contributed by atoms with van der Waals surface area (Å²) in [5.41, 5.74) is 0. The molecule has 1 fully saturated rings. The molecule has 1 N–H and O–H groups in total. The average molecular weight is 159 g/mol. The monoisotopic (exact) mass is 159 g/mol. The molecule has 68 valence electrons. The Labute approximate surface area is 70.8 Å². The highest BCUT2D eigenvalue weighted by molar-refractivity contribution is 4.66. The molecule has 0 radical (unpaired) electrons. The van der Waals surface area contributed by atoms with Gasteiger partial charge in [0.25, 0.3) is 0 Å². The van der Waals surface area contributed by atoms with E-state index in [1.165, 1.54) is 12.8 Å². The largest absolute Gasteiger partial charge is 0.381 e. The van der Waals surface area contributed by atoms with Crippen molar-refractivity contribution in [3.63, 3.8) is 0 Å². The maximum absolute atomic E-state index is 5.37. The molecule has 1 saturated heterocycles. The SMILES string of the molecule is CC(C)NCC1CCCOC1.[HH]. The van der Waals surface area contributed by atoms with Crippen LogP contribution in [0.3, 0.4) is 0 Å². The zero-order chi connectivity index (χ0) is 8.10. The van der Waals surface area contributed by atoms with Gasteiger partial charge in [0.05, 0.1) is 6.61 Å². The van der Waals surface area contributed by atoms with Crippen LogP contribution in [0.25, 0.3) is 0 Å². The lowest BCUT2D eigenvalue weighted by atomic mass is 10.0. The fourth-order valence-corrected chi connectivity index (χ4v) is 1.37. The second-order valence-electron chi connectivity index (χ2n) is 3.65. The summed E-state index contributed by atoms with van der Waals surface area (Å²) in [6.45, 7) is 7.42. The van der Waals surface area contributed by atoms with Crippen molar-refractivity contribution < 1.29 is 6.16 Å². The molecule has 1 unspecified atom stereocenters. The Hall–Kier alpha value is -0.0800. The van der Waals surface area contributed by atoms with E-state index in [2.05, 4.69) is 19.2 Å². The molecule has 2 heteroatoms. The molecule has 0 aromatic rings. The zero-order valence-corrected chi connectivity index (χ0v) is 7.60. The van der Waals surface area contributed by atoms with E-state index in [9.17, 15) is 0 Å². The molecule has 1 aliphatic rings. The van der Waals surface area contributed by atoms with Crippen LogP contribution in [0.1, 0.15) is 28.1 Å². The zero-order valence-electron chi connectivity index (χ0n) is 7.60. The molecule has 11 heavy (non-hydrogen) atoms. The summed E-state index contributed by atoms with van der Waals surface area (Å²) in [5, 5.41) is 3.44. The van der Waals surface area contributed by atoms with Crippen LogP contribution in [0.15, 0.2) is 0 Å². The van der Waals surface area contributed by atoms with E-state index in [4.69, 9.17) is 4.74 Å². The quantitative estimate of drug-likeness (QED) is 0.676. The predicted octanol–water partition coefficient (Wildman–Crippen LogP) is 1.66. The van der Waals surface area contributed by atoms with Gasteiger partial charge < -0.3 is 10.1 Å². The Morgan fingerprint density at radius 3 is 3.00 bits per heavy atom. The van der Waals surface area contributed by atoms with Crippen molar-refractivity contribution in [2.45, 2.75) is 32.7 Å². The third-order valence-corrected chi connectivity index (χ3v) is 2.07. The predicted molar refractivity (Wildman–Crippen MR) is 48.8 cm³/mol. The Morgan fingerprint density at radius 1 is 1.64 bits per heavy atom. The van der Waals surface area contributed by atoms with E-state index in [1.807, 2.05) is 0 Å². The first-order valence-corrected chi connectivity index (χ1v) is 4.60. The van der Waals surface area contributed by atoms with Crippen molar-refractivity contribution in [1.82, 2.24) is 5.32 Å². The van der Waals surface area contributed by atoms with Gasteiger partial charge in [0.1, 0.15) is 0 Å². The first-order valence-electron chi connectivity index (χ1n) is 4.60. The molecule has 1 atom stereocenters. The smallest absolute Gasteiger partial charge is 0.0506 e. The first kappa shape index (κ1) is 9.01. The van der Waals surface area contributed by atoms with E-state index in [0.717, 1.165) is 25.7 Å². The van der Waals surface area contributed by atoms with Gasteiger partial charge in [-0.15, -0.1) is 0 Å². The Bertz CT molecular complexity index is 103. The summed E-state index contributed by atoms with van der Waals surface area (Å²) in [4.78, 5) is 0. The Morgan fingerprint density at radius 2 is 2.45 bits per heavy atom. The molecule has 0 bridgehead atoms. The number of ether oxygens (including phenoxy) is 1. The van der Waals surface area contributed by atoms with Crippen LogP contribution in [0.4, 0.5) is 0 Å². The molecule has 0 aromatic carbocycles. The van der Waals surface area contributed by atoms with Crippen molar-refractivity contribution in [3.05, 3.63) is 0 Å². The molecule has 0 saturated carbocycles. The maximum Gasteiger partial charge on any atom is 0.0506 e.